The van der Waals surface area contributed by atoms with E-state index in [-0.39, 0.29) is 11.4 Å². The van der Waals surface area contributed by atoms with Crippen LogP contribution >= 0.6 is 0 Å². The topological polar surface area (TPSA) is 70.7 Å². The molecule has 1 saturated carbocycles. The lowest BCUT2D eigenvalue weighted by molar-refractivity contribution is 0.0825. The van der Waals surface area contributed by atoms with Crippen LogP contribution in [0.1, 0.15) is 35.2 Å². The third-order valence-electron chi connectivity index (χ3n) is 4.90. The number of hydrogen-bond acceptors (Lipinski definition) is 3. The highest BCUT2D eigenvalue weighted by Gasteiger charge is 2.40. The number of nitrogens with one attached hydrogen (secondary N) is 2. The second-order valence-electron chi connectivity index (χ2n) is 6.11. The Balaban J connectivity index is 1.49. The van der Waals surface area contributed by atoms with Crippen molar-refractivity contribution in [3.05, 3.63) is 47.9 Å². The Labute approximate surface area is 126 Å². The SMILES string of the molecule is O=C(NC1(c2ccncc2)CCC1)c1c[nH]c2c3nc-3cc12. The van der Waals surface area contributed by atoms with Crippen molar-refractivity contribution in [2.45, 2.75) is 24.8 Å². The minimum absolute atomic E-state index is 0.0206. The molecule has 2 aromatic rings. The molecule has 1 amide bonds. The second-order valence-corrected chi connectivity index (χ2v) is 6.11. The number of fused-ring (bicyclic) bond motifs is 3. The highest BCUT2D eigenvalue weighted by Crippen LogP contribution is 2.42. The van der Waals surface area contributed by atoms with Gasteiger partial charge in [0.15, 0.2) is 0 Å². The number of H-pyrrole nitrogens is 1. The Morgan fingerprint density at radius 3 is 2.82 bits per heavy atom. The predicted molar refractivity (Wildman–Crippen MR) is 82.3 cm³/mol. The molecule has 2 aliphatic carbocycles. The normalized spacial score (nSPS) is 17.1. The van der Waals surface area contributed by atoms with Crippen molar-refractivity contribution < 1.29 is 4.79 Å². The van der Waals surface area contributed by atoms with Crippen molar-refractivity contribution in [1.82, 2.24) is 20.3 Å². The van der Waals surface area contributed by atoms with E-state index in [0.717, 1.165) is 47.1 Å². The molecule has 0 unspecified atom stereocenters. The lowest BCUT2D eigenvalue weighted by Crippen LogP contribution is -2.50. The first-order valence-electron chi connectivity index (χ1n) is 7.52. The van der Waals surface area contributed by atoms with Gasteiger partial charge in [-0.2, -0.15) is 0 Å². The lowest BCUT2D eigenvalue weighted by atomic mass is 9.72. The molecular formula is C17H14N4O. The van der Waals surface area contributed by atoms with E-state index in [1.54, 1.807) is 18.6 Å². The number of carbonyl (C=O) groups excluding carboxylic acids is 1. The monoisotopic (exact) mass is 290 g/mol. The Morgan fingerprint density at radius 2 is 2.09 bits per heavy atom. The fourth-order valence-corrected chi connectivity index (χ4v) is 3.45. The van der Waals surface area contributed by atoms with E-state index in [1.165, 1.54) is 0 Å². The van der Waals surface area contributed by atoms with Crippen molar-refractivity contribution in [3.63, 3.8) is 0 Å². The van der Waals surface area contributed by atoms with Crippen molar-refractivity contribution in [2.24, 2.45) is 0 Å². The van der Waals surface area contributed by atoms with Gasteiger partial charge in [0.2, 0.25) is 0 Å². The highest BCUT2D eigenvalue weighted by molar-refractivity contribution is 6.13. The summed E-state index contributed by atoms with van der Waals surface area (Å²) in [6.07, 6.45) is 8.44. The molecule has 0 spiro atoms. The van der Waals surface area contributed by atoms with Gasteiger partial charge < -0.3 is 10.3 Å². The fourth-order valence-electron chi connectivity index (χ4n) is 3.45. The summed E-state index contributed by atoms with van der Waals surface area (Å²) in [6, 6.07) is 5.97. The molecule has 2 aromatic heterocycles. The van der Waals surface area contributed by atoms with E-state index in [2.05, 4.69) is 20.3 Å². The zero-order valence-electron chi connectivity index (χ0n) is 11.9. The van der Waals surface area contributed by atoms with Gasteiger partial charge in [0.1, 0.15) is 5.69 Å². The van der Waals surface area contributed by atoms with E-state index >= 15 is 0 Å². The first kappa shape index (κ1) is 11.9. The van der Waals surface area contributed by atoms with E-state index in [1.807, 2.05) is 18.2 Å². The minimum Gasteiger partial charge on any atom is -0.359 e. The maximum atomic E-state index is 12.8. The molecule has 1 fully saturated rings. The van der Waals surface area contributed by atoms with Crippen LogP contribution in [0, 0.1) is 0 Å². The maximum Gasteiger partial charge on any atom is 0.254 e. The van der Waals surface area contributed by atoms with Crippen LogP contribution in [0.25, 0.3) is 22.3 Å². The van der Waals surface area contributed by atoms with Gasteiger partial charge in [-0.1, -0.05) is 0 Å². The Bertz CT molecular complexity index is 909. The molecule has 0 saturated heterocycles. The van der Waals surface area contributed by atoms with E-state index in [9.17, 15) is 4.79 Å². The molecule has 0 radical (unpaired) electrons. The number of pyridine rings is 2. The van der Waals surface area contributed by atoms with Crippen LogP contribution in [0.15, 0.2) is 36.8 Å². The molecule has 5 nitrogen and oxygen atoms in total. The van der Waals surface area contributed by atoms with Gasteiger partial charge in [-0.05, 0) is 43.0 Å². The molecular weight excluding hydrogens is 276 g/mol. The molecule has 2 N–H and O–H groups in total. The van der Waals surface area contributed by atoms with Crippen LogP contribution in [-0.2, 0) is 5.54 Å². The Morgan fingerprint density at radius 1 is 1.27 bits per heavy atom. The molecule has 0 bridgehead atoms. The zero-order chi connectivity index (χ0) is 14.7. The summed E-state index contributed by atoms with van der Waals surface area (Å²) in [7, 11) is 0. The van der Waals surface area contributed by atoms with Gasteiger partial charge in [-0.25, -0.2) is 4.98 Å². The lowest BCUT2D eigenvalue weighted by Gasteiger charge is -2.43. The molecule has 22 heavy (non-hydrogen) atoms. The second kappa shape index (κ2) is 3.94. The van der Waals surface area contributed by atoms with Gasteiger partial charge in [-0.15, -0.1) is 0 Å². The van der Waals surface area contributed by atoms with Gasteiger partial charge >= 0.3 is 0 Å². The Hall–Kier alpha value is -2.69. The van der Waals surface area contributed by atoms with Crippen LogP contribution < -0.4 is 5.32 Å². The maximum absolute atomic E-state index is 12.8. The summed E-state index contributed by atoms with van der Waals surface area (Å²) in [5.74, 6) is -0.0206. The Kier molecular flexibility index (Phi) is 2.13. The largest absolute Gasteiger partial charge is 0.359 e. The zero-order valence-corrected chi connectivity index (χ0v) is 11.9. The van der Waals surface area contributed by atoms with Gasteiger partial charge in [-0.3, -0.25) is 9.78 Å². The van der Waals surface area contributed by atoms with Gasteiger partial charge in [0.25, 0.3) is 5.91 Å². The number of aromatic amines is 1. The van der Waals surface area contributed by atoms with E-state index in [4.69, 9.17) is 0 Å². The van der Waals surface area contributed by atoms with Crippen molar-refractivity contribution >= 4 is 16.8 Å². The highest BCUT2D eigenvalue weighted by atomic mass is 16.1. The molecule has 3 heterocycles. The molecule has 108 valence electrons. The number of aromatic nitrogens is 3. The van der Waals surface area contributed by atoms with Crippen molar-refractivity contribution in [2.75, 3.05) is 0 Å². The summed E-state index contributed by atoms with van der Waals surface area (Å²) < 4.78 is 0. The third-order valence-corrected chi connectivity index (χ3v) is 4.90. The minimum atomic E-state index is -0.240. The summed E-state index contributed by atoms with van der Waals surface area (Å²) in [6.45, 7) is 0. The third kappa shape index (κ3) is 1.51. The average molecular weight is 290 g/mol. The summed E-state index contributed by atoms with van der Waals surface area (Å²) in [4.78, 5) is 24.2. The average Bonchev–Trinajstić information content (AvgIpc) is 2.99. The van der Waals surface area contributed by atoms with Crippen molar-refractivity contribution in [1.29, 1.82) is 0 Å². The first-order valence-corrected chi connectivity index (χ1v) is 7.52. The number of hydrogen-bond donors (Lipinski definition) is 2. The molecule has 5 rings (SSSR count). The first-order chi connectivity index (χ1) is 10.8. The molecule has 0 atom stereocenters. The molecule has 5 heteroatoms. The van der Waals surface area contributed by atoms with E-state index < -0.39 is 0 Å². The van der Waals surface area contributed by atoms with E-state index in [0.29, 0.717) is 5.56 Å². The van der Waals surface area contributed by atoms with Gasteiger partial charge in [0, 0.05) is 24.0 Å². The standard InChI is InChI=1S/C17H14N4O/c22-16(12-9-19-14-11(12)8-13-15(14)20-13)21-17(4-1-5-17)10-2-6-18-7-3-10/h2-3,6-9,19H,1,4-5H2,(H,21,22). The van der Waals surface area contributed by atoms with Crippen LogP contribution in [-0.4, -0.2) is 20.9 Å². The summed E-state index contributed by atoms with van der Waals surface area (Å²) >= 11 is 0. The van der Waals surface area contributed by atoms with Crippen LogP contribution in [0.4, 0.5) is 0 Å². The molecule has 3 aliphatic rings. The molecule has 0 aromatic carbocycles. The predicted octanol–water partition coefficient (Wildman–Crippen LogP) is 2.75. The quantitative estimate of drug-likeness (QED) is 0.609. The summed E-state index contributed by atoms with van der Waals surface area (Å²) in [5, 5.41) is 4.23. The molecule has 1 aliphatic heterocycles. The number of carbonyl (C=O) groups is 1. The van der Waals surface area contributed by atoms with Crippen LogP contribution in [0.2, 0.25) is 0 Å². The number of nitrogens with zero attached hydrogens (tertiary/aromatic N) is 2. The van der Waals surface area contributed by atoms with Gasteiger partial charge in [0.05, 0.1) is 22.3 Å². The number of amides is 1. The number of rotatable bonds is 3. The van der Waals surface area contributed by atoms with Crippen LogP contribution in [0.5, 0.6) is 0 Å². The summed E-state index contributed by atoms with van der Waals surface area (Å²) in [5.41, 5.74) is 4.59. The smallest absolute Gasteiger partial charge is 0.254 e. The van der Waals surface area contributed by atoms with Crippen molar-refractivity contribution in [3.8, 4) is 11.4 Å². The fraction of sp³-hybridized carbons (Fsp3) is 0.235. The van der Waals surface area contributed by atoms with Crippen LogP contribution in [0.3, 0.4) is 0 Å².